The van der Waals surface area contributed by atoms with E-state index in [9.17, 15) is 4.79 Å². The van der Waals surface area contributed by atoms with Crippen LogP contribution in [-0.2, 0) is 11.2 Å². The zero-order valence-corrected chi connectivity index (χ0v) is 14.1. The van der Waals surface area contributed by atoms with Crippen LogP contribution in [0.15, 0.2) is 54.6 Å². The number of carbonyl (C=O) groups is 1. The summed E-state index contributed by atoms with van der Waals surface area (Å²) in [5.41, 5.74) is 3.42. The third-order valence-corrected chi connectivity index (χ3v) is 5.86. The van der Waals surface area contributed by atoms with E-state index in [0.29, 0.717) is 12.3 Å². The van der Waals surface area contributed by atoms with Crippen molar-refractivity contribution in [3.05, 3.63) is 65.7 Å². The van der Waals surface area contributed by atoms with E-state index in [2.05, 4.69) is 35.6 Å². The van der Waals surface area contributed by atoms with Crippen molar-refractivity contribution in [2.45, 2.75) is 38.5 Å². The third-order valence-electron chi connectivity index (χ3n) is 5.86. The first-order valence-electron chi connectivity index (χ1n) is 9.19. The second-order valence-corrected chi connectivity index (χ2v) is 7.51. The van der Waals surface area contributed by atoms with E-state index in [1.54, 1.807) is 0 Å². The number of anilines is 1. The molecule has 0 unspecified atom stereocenters. The first kappa shape index (κ1) is 15.4. The topological polar surface area (TPSA) is 29.1 Å². The Morgan fingerprint density at radius 3 is 2.50 bits per heavy atom. The number of para-hydroxylation sites is 1. The molecule has 24 heavy (non-hydrogen) atoms. The molecule has 1 amide bonds. The van der Waals surface area contributed by atoms with Gasteiger partial charge in [0, 0.05) is 12.1 Å². The highest BCUT2D eigenvalue weighted by Gasteiger charge is 2.40. The maximum atomic E-state index is 12.5. The largest absolute Gasteiger partial charge is 0.326 e. The van der Waals surface area contributed by atoms with Crippen molar-refractivity contribution in [3.8, 4) is 0 Å². The van der Waals surface area contributed by atoms with Crippen LogP contribution in [-0.4, -0.2) is 5.91 Å². The molecule has 2 aromatic rings. The van der Waals surface area contributed by atoms with Gasteiger partial charge in [-0.1, -0.05) is 55.0 Å². The highest BCUT2D eigenvalue weighted by Crippen LogP contribution is 2.49. The van der Waals surface area contributed by atoms with Crippen molar-refractivity contribution < 1.29 is 4.79 Å². The minimum Gasteiger partial charge on any atom is -0.326 e. The van der Waals surface area contributed by atoms with Crippen LogP contribution >= 0.6 is 0 Å². The van der Waals surface area contributed by atoms with Gasteiger partial charge in [-0.05, 0) is 60.6 Å². The van der Waals surface area contributed by atoms with Crippen LogP contribution < -0.4 is 5.32 Å². The Morgan fingerprint density at radius 1 is 0.958 bits per heavy atom. The average molecular weight is 319 g/mol. The van der Waals surface area contributed by atoms with E-state index in [0.717, 1.165) is 23.9 Å². The Hall–Kier alpha value is -2.09. The Bertz CT molecular complexity index is 709. The molecule has 0 saturated heterocycles. The van der Waals surface area contributed by atoms with E-state index in [4.69, 9.17) is 0 Å². The van der Waals surface area contributed by atoms with Gasteiger partial charge in [0.15, 0.2) is 0 Å². The molecule has 124 valence electrons. The summed E-state index contributed by atoms with van der Waals surface area (Å²) in [6, 6.07) is 18.6. The molecule has 2 heteroatoms. The van der Waals surface area contributed by atoms with Crippen LogP contribution in [0, 0.1) is 17.8 Å². The highest BCUT2D eigenvalue weighted by atomic mass is 16.1. The van der Waals surface area contributed by atoms with Gasteiger partial charge in [-0.15, -0.1) is 0 Å². The van der Waals surface area contributed by atoms with Gasteiger partial charge in [-0.25, -0.2) is 0 Å². The molecule has 4 rings (SSSR count). The zero-order chi connectivity index (χ0) is 16.4. The molecule has 0 radical (unpaired) electrons. The number of hydrogen-bond donors (Lipinski definition) is 1. The van der Waals surface area contributed by atoms with E-state index in [-0.39, 0.29) is 5.91 Å². The Kier molecular flexibility index (Phi) is 4.38. The minimum atomic E-state index is 0.188. The average Bonchev–Trinajstić information content (AvgIpc) is 3.20. The number of benzene rings is 2. The number of carbonyl (C=O) groups excluding carboxylic acids is 1. The van der Waals surface area contributed by atoms with Gasteiger partial charge in [0.05, 0.1) is 0 Å². The second kappa shape index (κ2) is 6.80. The number of rotatable bonds is 5. The predicted molar refractivity (Wildman–Crippen MR) is 97.9 cm³/mol. The van der Waals surface area contributed by atoms with Crippen LogP contribution in [0.1, 0.15) is 43.2 Å². The summed E-state index contributed by atoms with van der Waals surface area (Å²) in [4.78, 5) is 12.5. The van der Waals surface area contributed by atoms with Crippen molar-refractivity contribution in [2.24, 2.45) is 17.8 Å². The summed E-state index contributed by atoms with van der Waals surface area (Å²) in [5.74, 6) is 2.51. The second-order valence-electron chi connectivity index (χ2n) is 7.51. The van der Waals surface area contributed by atoms with Crippen LogP contribution in [0.3, 0.4) is 0 Å². The molecule has 2 nitrogen and oxygen atoms in total. The zero-order valence-electron chi connectivity index (χ0n) is 14.1. The molecule has 2 aromatic carbocycles. The molecule has 2 saturated carbocycles. The molecular weight excluding hydrogens is 294 g/mol. The smallest absolute Gasteiger partial charge is 0.224 e. The molecule has 3 atom stereocenters. The fourth-order valence-corrected chi connectivity index (χ4v) is 4.68. The number of amides is 1. The molecule has 1 N–H and O–H groups in total. The van der Waals surface area contributed by atoms with Gasteiger partial charge < -0.3 is 5.32 Å². The molecule has 2 fully saturated rings. The van der Waals surface area contributed by atoms with E-state index in [1.807, 2.05) is 24.3 Å². The molecule has 2 bridgehead atoms. The highest BCUT2D eigenvalue weighted by molar-refractivity contribution is 5.91. The molecular formula is C22H25NO. The molecule has 2 aliphatic carbocycles. The summed E-state index contributed by atoms with van der Waals surface area (Å²) in [7, 11) is 0. The van der Waals surface area contributed by atoms with Crippen molar-refractivity contribution >= 4 is 11.6 Å². The monoisotopic (exact) mass is 319 g/mol. The third kappa shape index (κ3) is 3.38. The molecule has 2 aliphatic rings. The van der Waals surface area contributed by atoms with Gasteiger partial charge >= 0.3 is 0 Å². The quantitative estimate of drug-likeness (QED) is 0.821. The van der Waals surface area contributed by atoms with Gasteiger partial charge in [-0.3, -0.25) is 4.79 Å². The Morgan fingerprint density at radius 2 is 1.75 bits per heavy atom. The molecule has 0 spiro atoms. The van der Waals surface area contributed by atoms with Gasteiger partial charge in [0.2, 0.25) is 5.91 Å². The first-order chi connectivity index (χ1) is 11.8. The Balaban J connectivity index is 1.41. The minimum absolute atomic E-state index is 0.188. The summed E-state index contributed by atoms with van der Waals surface area (Å²) in [6.45, 7) is 0. The first-order valence-corrected chi connectivity index (χ1v) is 9.19. The lowest BCUT2D eigenvalue weighted by atomic mass is 9.86. The molecule has 0 aliphatic heterocycles. The maximum absolute atomic E-state index is 12.5. The van der Waals surface area contributed by atoms with Gasteiger partial charge in [-0.2, -0.15) is 0 Å². The van der Waals surface area contributed by atoms with Gasteiger partial charge in [0.25, 0.3) is 0 Å². The van der Waals surface area contributed by atoms with E-state index in [1.165, 1.54) is 36.8 Å². The van der Waals surface area contributed by atoms with Crippen molar-refractivity contribution in [3.63, 3.8) is 0 Å². The van der Waals surface area contributed by atoms with Crippen LogP contribution in [0.5, 0.6) is 0 Å². The number of fused-ring (bicyclic) bond motifs is 2. The standard InChI is InChI=1S/C22H25NO/c24-22(15-20-14-17-10-11-18(20)13-17)23-21-9-5-4-8-19(21)12-16-6-2-1-3-7-16/h1-9,17-18,20H,10-15H2,(H,23,24)/t17-,18+,20-/m0/s1. The summed E-state index contributed by atoms with van der Waals surface area (Å²) in [5, 5.41) is 3.18. The van der Waals surface area contributed by atoms with Crippen LogP contribution in [0.25, 0.3) is 0 Å². The predicted octanol–water partition coefficient (Wildman–Crippen LogP) is 5.04. The fourth-order valence-electron chi connectivity index (χ4n) is 4.68. The SMILES string of the molecule is O=C(C[C@@H]1C[C@H]2CC[C@@H]1C2)Nc1ccccc1Cc1ccccc1. The van der Waals surface area contributed by atoms with Crippen LogP contribution in [0.4, 0.5) is 5.69 Å². The molecule has 0 aromatic heterocycles. The number of hydrogen-bond acceptors (Lipinski definition) is 1. The lowest BCUT2D eigenvalue weighted by Gasteiger charge is -2.21. The summed E-state index contributed by atoms with van der Waals surface area (Å²) >= 11 is 0. The van der Waals surface area contributed by atoms with Gasteiger partial charge in [0.1, 0.15) is 0 Å². The lowest BCUT2D eigenvalue weighted by Crippen LogP contribution is -2.20. The van der Waals surface area contributed by atoms with E-state index < -0.39 is 0 Å². The van der Waals surface area contributed by atoms with Crippen molar-refractivity contribution in [1.29, 1.82) is 0 Å². The molecule has 0 heterocycles. The Labute approximate surface area is 144 Å². The summed E-state index contributed by atoms with van der Waals surface area (Å²) < 4.78 is 0. The van der Waals surface area contributed by atoms with Crippen molar-refractivity contribution in [1.82, 2.24) is 0 Å². The fraction of sp³-hybridized carbons (Fsp3) is 0.409. The van der Waals surface area contributed by atoms with Crippen molar-refractivity contribution in [2.75, 3.05) is 5.32 Å². The van der Waals surface area contributed by atoms with Crippen LogP contribution in [0.2, 0.25) is 0 Å². The maximum Gasteiger partial charge on any atom is 0.224 e. The normalized spacial score (nSPS) is 24.9. The van der Waals surface area contributed by atoms with E-state index >= 15 is 0 Å². The number of nitrogens with one attached hydrogen (secondary N) is 1. The lowest BCUT2D eigenvalue weighted by molar-refractivity contribution is -0.117. The summed E-state index contributed by atoms with van der Waals surface area (Å²) in [6.07, 6.45) is 6.91.